The Morgan fingerprint density at radius 3 is 3.17 bits per heavy atom. The molecule has 0 aliphatic carbocycles. The van der Waals surface area contributed by atoms with Gasteiger partial charge in [0.15, 0.2) is 6.39 Å². The highest BCUT2D eigenvalue weighted by Crippen LogP contribution is 2.16. The van der Waals surface area contributed by atoms with E-state index in [1.165, 1.54) is 6.39 Å². The van der Waals surface area contributed by atoms with E-state index < -0.39 is 5.97 Å². The second-order valence-electron chi connectivity index (χ2n) is 2.09. The van der Waals surface area contributed by atoms with Gasteiger partial charge in [0.1, 0.15) is 5.69 Å². The van der Waals surface area contributed by atoms with Crippen LogP contribution >= 0.6 is 0 Å². The van der Waals surface area contributed by atoms with E-state index in [1.54, 1.807) is 6.92 Å². The van der Waals surface area contributed by atoms with Gasteiger partial charge in [-0.2, -0.15) is 0 Å². The van der Waals surface area contributed by atoms with Gasteiger partial charge < -0.3 is 14.3 Å². The zero-order chi connectivity index (χ0) is 8.97. The van der Waals surface area contributed by atoms with Gasteiger partial charge in [0.2, 0.25) is 0 Å². The topological polar surface area (TPSA) is 72.6 Å². The molecule has 5 heteroatoms. The molecular formula is C7H9NO4. The summed E-state index contributed by atoms with van der Waals surface area (Å²) in [5.74, 6) is -0.759. The third kappa shape index (κ3) is 1.98. The van der Waals surface area contributed by atoms with E-state index in [0.717, 1.165) is 0 Å². The summed E-state index contributed by atoms with van der Waals surface area (Å²) in [4.78, 5) is 14.0. The predicted octanol–water partition coefficient (Wildman–Crippen LogP) is 0.700. The van der Waals surface area contributed by atoms with Gasteiger partial charge in [0, 0.05) is 0 Å². The molecular weight excluding hydrogens is 162 g/mol. The van der Waals surface area contributed by atoms with Crippen LogP contribution in [0.2, 0.25) is 0 Å². The lowest BCUT2D eigenvalue weighted by atomic mass is 10.3. The van der Waals surface area contributed by atoms with E-state index in [0.29, 0.717) is 12.3 Å². The van der Waals surface area contributed by atoms with Crippen LogP contribution in [0.4, 0.5) is 0 Å². The van der Waals surface area contributed by atoms with E-state index in [-0.39, 0.29) is 12.4 Å². The SMILES string of the molecule is CCOc1ocnc1CC(=O)O. The standard InChI is InChI=1S/C7H9NO4/c1-2-11-7-5(3-6(9)10)8-4-12-7/h4H,2-3H2,1H3,(H,9,10). The lowest BCUT2D eigenvalue weighted by Gasteiger charge is -1.97. The van der Waals surface area contributed by atoms with E-state index in [1.807, 2.05) is 0 Å². The van der Waals surface area contributed by atoms with Crippen LogP contribution < -0.4 is 4.74 Å². The largest absolute Gasteiger partial charge is 0.481 e. The lowest BCUT2D eigenvalue weighted by molar-refractivity contribution is -0.136. The van der Waals surface area contributed by atoms with Crippen molar-refractivity contribution in [3.8, 4) is 5.95 Å². The molecule has 5 nitrogen and oxygen atoms in total. The van der Waals surface area contributed by atoms with E-state index in [2.05, 4.69) is 4.98 Å². The number of nitrogens with zero attached hydrogens (tertiary/aromatic N) is 1. The van der Waals surface area contributed by atoms with Crippen LogP contribution in [0.5, 0.6) is 5.95 Å². The predicted molar refractivity (Wildman–Crippen MR) is 39.0 cm³/mol. The maximum Gasteiger partial charge on any atom is 0.309 e. The molecule has 0 aliphatic heterocycles. The van der Waals surface area contributed by atoms with Gasteiger partial charge in [0.05, 0.1) is 13.0 Å². The number of oxazole rings is 1. The molecule has 0 saturated heterocycles. The van der Waals surface area contributed by atoms with Crippen LogP contribution in [0.3, 0.4) is 0 Å². The zero-order valence-electron chi connectivity index (χ0n) is 6.61. The highest BCUT2D eigenvalue weighted by Gasteiger charge is 2.12. The van der Waals surface area contributed by atoms with Gasteiger partial charge in [-0.15, -0.1) is 0 Å². The molecule has 0 aliphatic rings. The number of hydrogen-bond donors (Lipinski definition) is 1. The summed E-state index contributed by atoms with van der Waals surface area (Å²) < 4.78 is 9.79. The average molecular weight is 171 g/mol. The molecule has 0 radical (unpaired) electrons. The highest BCUT2D eigenvalue weighted by molar-refractivity contribution is 5.70. The van der Waals surface area contributed by atoms with Crippen molar-refractivity contribution in [1.82, 2.24) is 4.98 Å². The first-order chi connectivity index (χ1) is 5.74. The summed E-state index contributed by atoms with van der Waals surface area (Å²) in [5, 5.41) is 8.44. The zero-order valence-corrected chi connectivity index (χ0v) is 6.61. The van der Waals surface area contributed by atoms with E-state index in [9.17, 15) is 4.79 Å². The summed E-state index contributed by atoms with van der Waals surface area (Å²) >= 11 is 0. The Morgan fingerprint density at radius 1 is 1.83 bits per heavy atom. The van der Waals surface area contributed by atoms with Crippen LogP contribution in [0.15, 0.2) is 10.8 Å². The average Bonchev–Trinajstić information content (AvgIpc) is 2.37. The number of carbonyl (C=O) groups is 1. The van der Waals surface area contributed by atoms with Crippen LogP contribution in [-0.2, 0) is 11.2 Å². The summed E-state index contributed by atoms with van der Waals surface area (Å²) in [6, 6.07) is 0. The van der Waals surface area contributed by atoms with Crippen molar-refractivity contribution in [3.63, 3.8) is 0 Å². The Balaban J connectivity index is 2.69. The second-order valence-corrected chi connectivity index (χ2v) is 2.09. The van der Waals surface area contributed by atoms with Gasteiger partial charge >= 0.3 is 11.9 Å². The fourth-order valence-corrected chi connectivity index (χ4v) is 0.768. The number of aliphatic carboxylic acids is 1. The van der Waals surface area contributed by atoms with Crippen molar-refractivity contribution in [1.29, 1.82) is 0 Å². The fraction of sp³-hybridized carbons (Fsp3) is 0.429. The van der Waals surface area contributed by atoms with Crippen LogP contribution in [0.1, 0.15) is 12.6 Å². The normalized spacial score (nSPS) is 9.75. The summed E-state index contributed by atoms with van der Waals surface area (Å²) in [5.41, 5.74) is 0.323. The van der Waals surface area contributed by atoms with E-state index >= 15 is 0 Å². The highest BCUT2D eigenvalue weighted by atomic mass is 16.6. The van der Waals surface area contributed by atoms with Crippen molar-refractivity contribution in [3.05, 3.63) is 12.1 Å². The van der Waals surface area contributed by atoms with Crippen molar-refractivity contribution in [2.24, 2.45) is 0 Å². The summed E-state index contributed by atoms with van der Waals surface area (Å²) in [6.45, 7) is 2.22. The third-order valence-electron chi connectivity index (χ3n) is 1.20. The minimum Gasteiger partial charge on any atom is -0.481 e. The smallest absolute Gasteiger partial charge is 0.309 e. The molecule has 0 aromatic carbocycles. The number of carboxylic acid groups (broad SMARTS) is 1. The molecule has 0 spiro atoms. The molecule has 1 aromatic rings. The Kier molecular flexibility index (Phi) is 2.68. The molecule has 0 atom stereocenters. The number of hydrogen-bond acceptors (Lipinski definition) is 4. The van der Waals surface area contributed by atoms with Crippen molar-refractivity contribution < 1.29 is 19.1 Å². The molecule has 1 heterocycles. The fourth-order valence-electron chi connectivity index (χ4n) is 0.768. The maximum atomic E-state index is 10.3. The Labute approximate surface area is 69.0 Å². The van der Waals surface area contributed by atoms with Crippen LogP contribution in [-0.4, -0.2) is 22.7 Å². The molecule has 12 heavy (non-hydrogen) atoms. The first kappa shape index (κ1) is 8.58. The van der Waals surface area contributed by atoms with Gasteiger partial charge in [-0.3, -0.25) is 4.79 Å². The molecule has 1 aromatic heterocycles. The van der Waals surface area contributed by atoms with E-state index in [4.69, 9.17) is 14.3 Å². The van der Waals surface area contributed by atoms with Gasteiger partial charge in [-0.05, 0) is 6.92 Å². The molecule has 0 saturated carbocycles. The number of carboxylic acids is 1. The molecule has 66 valence electrons. The number of rotatable bonds is 4. The molecule has 0 bridgehead atoms. The minimum absolute atomic E-state index is 0.175. The van der Waals surface area contributed by atoms with Crippen molar-refractivity contribution in [2.75, 3.05) is 6.61 Å². The molecule has 1 N–H and O–H groups in total. The molecule has 0 fully saturated rings. The maximum absolute atomic E-state index is 10.3. The lowest BCUT2D eigenvalue weighted by Crippen LogP contribution is -2.02. The third-order valence-corrected chi connectivity index (χ3v) is 1.20. The van der Waals surface area contributed by atoms with Crippen molar-refractivity contribution >= 4 is 5.97 Å². The van der Waals surface area contributed by atoms with Crippen LogP contribution in [0.25, 0.3) is 0 Å². The quantitative estimate of drug-likeness (QED) is 0.721. The Hall–Kier alpha value is -1.52. The number of aromatic nitrogens is 1. The summed E-state index contributed by atoms with van der Waals surface area (Å²) in [6.07, 6.45) is 0.995. The van der Waals surface area contributed by atoms with Crippen molar-refractivity contribution in [2.45, 2.75) is 13.3 Å². The van der Waals surface area contributed by atoms with Crippen LogP contribution in [0, 0.1) is 0 Å². The molecule has 0 unspecified atom stereocenters. The second kappa shape index (κ2) is 3.75. The van der Waals surface area contributed by atoms with Gasteiger partial charge in [0.25, 0.3) is 0 Å². The summed E-state index contributed by atoms with van der Waals surface area (Å²) in [7, 11) is 0. The number of ether oxygens (including phenoxy) is 1. The first-order valence-corrected chi connectivity index (χ1v) is 3.51. The molecule has 1 rings (SSSR count). The first-order valence-electron chi connectivity index (χ1n) is 3.51. The van der Waals surface area contributed by atoms with Gasteiger partial charge in [-0.1, -0.05) is 0 Å². The van der Waals surface area contributed by atoms with Gasteiger partial charge in [-0.25, -0.2) is 4.98 Å². The minimum atomic E-state index is -0.954. The molecule has 0 amide bonds. The Morgan fingerprint density at radius 2 is 2.58 bits per heavy atom. The Bertz CT molecular complexity index is 268. The monoisotopic (exact) mass is 171 g/mol.